The molecule has 0 aliphatic carbocycles. The molecule has 0 aliphatic heterocycles. The molecule has 0 fully saturated rings. The Hall–Kier alpha value is -1.55. The molecule has 0 saturated heterocycles. The van der Waals surface area contributed by atoms with Gasteiger partial charge in [0.05, 0.1) is 0 Å². The predicted molar refractivity (Wildman–Crippen MR) is 80.8 cm³/mol. The lowest BCUT2D eigenvalue weighted by molar-refractivity contribution is 0.0948. The monoisotopic (exact) mass is 263 g/mol. The first kappa shape index (κ1) is 15.5. The van der Waals surface area contributed by atoms with Gasteiger partial charge in [0, 0.05) is 31.4 Å². The average molecular weight is 263 g/mol. The fourth-order valence-corrected chi connectivity index (χ4v) is 2.04. The van der Waals surface area contributed by atoms with Gasteiger partial charge in [-0.1, -0.05) is 13.8 Å². The van der Waals surface area contributed by atoms with Gasteiger partial charge in [-0.05, 0) is 43.8 Å². The number of rotatable bonds is 7. The average Bonchev–Trinajstić information content (AvgIpc) is 2.43. The van der Waals surface area contributed by atoms with Crippen molar-refractivity contribution in [2.45, 2.75) is 20.8 Å². The molecule has 1 amide bonds. The van der Waals surface area contributed by atoms with Crippen molar-refractivity contribution in [3.05, 3.63) is 29.3 Å². The first-order valence-electron chi connectivity index (χ1n) is 6.91. The van der Waals surface area contributed by atoms with Crippen LogP contribution in [0.5, 0.6) is 0 Å². The number of aryl methyl sites for hydroxylation is 1. The topological polar surface area (TPSA) is 44.4 Å². The summed E-state index contributed by atoms with van der Waals surface area (Å²) in [6.07, 6.45) is 0. The Balaban J connectivity index is 2.54. The molecule has 0 bridgehead atoms. The highest BCUT2D eigenvalue weighted by molar-refractivity contribution is 5.96. The SMILES string of the molecule is CCN(CC)CCNC(=O)c1ccc(NC)cc1C. The fourth-order valence-electron chi connectivity index (χ4n) is 2.04. The molecule has 0 aromatic heterocycles. The smallest absolute Gasteiger partial charge is 0.251 e. The van der Waals surface area contributed by atoms with Crippen LogP contribution in [0.2, 0.25) is 0 Å². The second kappa shape index (κ2) is 7.79. The first-order valence-corrected chi connectivity index (χ1v) is 6.91. The van der Waals surface area contributed by atoms with E-state index in [0.717, 1.165) is 36.4 Å². The van der Waals surface area contributed by atoms with Crippen LogP contribution in [0.15, 0.2) is 18.2 Å². The third kappa shape index (κ3) is 4.56. The third-order valence-electron chi connectivity index (χ3n) is 3.37. The Morgan fingerprint density at radius 3 is 2.47 bits per heavy atom. The number of amides is 1. The van der Waals surface area contributed by atoms with Gasteiger partial charge in [0.2, 0.25) is 0 Å². The molecule has 19 heavy (non-hydrogen) atoms. The number of nitrogens with zero attached hydrogens (tertiary/aromatic N) is 1. The standard InChI is InChI=1S/C15H25N3O/c1-5-18(6-2)10-9-17-15(19)14-8-7-13(16-4)11-12(14)3/h7-8,11,16H,5-6,9-10H2,1-4H3,(H,17,19). The summed E-state index contributed by atoms with van der Waals surface area (Å²) in [5, 5.41) is 6.04. The van der Waals surface area contributed by atoms with E-state index in [1.165, 1.54) is 0 Å². The van der Waals surface area contributed by atoms with E-state index < -0.39 is 0 Å². The second-order valence-corrected chi connectivity index (χ2v) is 4.56. The Kier molecular flexibility index (Phi) is 6.36. The van der Waals surface area contributed by atoms with Gasteiger partial charge < -0.3 is 15.5 Å². The van der Waals surface area contributed by atoms with Gasteiger partial charge in [0.25, 0.3) is 5.91 Å². The quantitative estimate of drug-likeness (QED) is 0.792. The van der Waals surface area contributed by atoms with Gasteiger partial charge in [-0.3, -0.25) is 4.79 Å². The Morgan fingerprint density at radius 2 is 1.95 bits per heavy atom. The molecule has 1 rings (SSSR count). The maximum atomic E-state index is 12.1. The number of nitrogens with one attached hydrogen (secondary N) is 2. The van der Waals surface area contributed by atoms with Crippen LogP contribution in [0.3, 0.4) is 0 Å². The van der Waals surface area contributed by atoms with Gasteiger partial charge in [0.15, 0.2) is 0 Å². The molecular weight excluding hydrogens is 238 g/mol. The van der Waals surface area contributed by atoms with E-state index in [1.54, 1.807) is 0 Å². The van der Waals surface area contributed by atoms with E-state index >= 15 is 0 Å². The van der Waals surface area contributed by atoms with E-state index in [1.807, 2.05) is 32.2 Å². The van der Waals surface area contributed by atoms with Crippen molar-refractivity contribution < 1.29 is 4.79 Å². The summed E-state index contributed by atoms with van der Waals surface area (Å²) in [7, 11) is 1.87. The highest BCUT2D eigenvalue weighted by Gasteiger charge is 2.09. The number of anilines is 1. The zero-order chi connectivity index (χ0) is 14.3. The van der Waals surface area contributed by atoms with Crippen LogP contribution in [-0.2, 0) is 0 Å². The summed E-state index contributed by atoms with van der Waals surface area (Å²) in [5.74, 6) is 0.00677. The van der Waals surface area contributed by atoms with E-state index in [2.05, 4.69) is 29.4 Å². The molecule has 0 aliphatic rings. The summed E-state index contributed by atoms with van der Waals surface area (Å²) in [6.45, 7) is 9.84. The second-order valence-electron chi connectivity index (χ2n) is 4.56. The van der Waals surface area contributed by atoms with Crippen LogP contribution in [0, 0.1) is 6.92 Å². The predicted octanol–water partition coefficient (Wildman–Crippen LogP) is 2.11. The van der Waals surface area contributed by atoms with Crippen LogP contribution in [-0.4, -0.2) is 44.0 Å². The first-order chi connectivity index (χ1) is 9.12. The summed E-state index contributed by atoms with van der Waals surface area (Å²) in [4.78, 5) is 14.4. The van der Waals surface area contributed by atoms with Gasteiger partial charge in [-0.2, -0.15) is 0 Å². The van der Waals surface area contributed by atoms with E-state index in [0.29, 0.717) is 6.54 Å². The van der Waals surface area contributed by atoms with Gasteiger partial charge >= 0.3 is 0 Å². The minimum Gasteiger partial charge on any atom is -0.388 e. The molecule has 0 unspecified atom stereocenters. The largest absolute Gasteiger partial charge is 0.388 e. The Morgan fingerprint density at radius 1 is 1.26 bits per heavy atom. The minimum absolute atomic E-state index is 0.00677. The maximum absolute atomic E-state index is 12.1. The van der Waals surface area contributed by atoms with Crippen LogP contribution in [0.4, 0.5) is 5.69 Å². The fraction of sp³-hybridized carbons (Fsp3) is 0.533. The highest BCUT2D eigenvalue weighted by Crippen LogP contribution is 2.14. The van der Waals surface area contributed by atoms with Crippen molar-refractivity contribution in [2.75, 3.05) is 38.5 Å². The van der Waals surface area contributed by atoms with Crippen LogP contribution < -0.4 is 10.6 Å². The van der Waals surface area contributed by atoms with Crippen LogP contribution >= 0.6 is 0 Å². The molecule has 1 aromatic carbocycles. The zero-order valence-corrected chi connectivity index (χ0v) is 12.4. The molecule has 0 radical (unpaired) electrons. The highest BCUT2D eigenvalue weighted by atomic mass is 16.1. The van der Waals surface area contributed by atoms with Crippen LogP contribution in [0.25, 0.3) is 0 Å². The van der Waals surface area contributed by atoms with Gasteiger partial charge in [-0.25, -0.2) is 0 Å². The number of carbonyl (C=O) groups excluding carboxylic acids is 1. The Bertz CT molecular complexity index is 414. The number of hydrogen-bond donors (Lipinski definition) is 2. The summed E-state index contributed by atoms with van der Waals surface area (Å²) in [5.41, 5.74) is 2.77. The molecule has 0 atom stereocenters. The van der Waals surface area contributed by atoms with Gasteiger partial charge in [-0.15, -0.1) is 0 Å². The number of carbonyl (C=O) groups is 1. The molecule has 0 heterocycles. The summed E-state index contributed by atoms with van der Waals surface area (Å²) >= 11 is 0. The zero-order valence-electron chi connectivity index (χ0n) is 12.4. The maximum Gasteiger partial charge on any atom is 0.251 e. The Labute approximate surface area is 116 Å². The van der Waals surface area contributed by atoms with Crippen molar-refractivity contribution in [3.63, 3.8) is 0 Å². The minimum atomic E-state index is 0.00677. The van der Waals surface area contributed by atoms with Crippen molar-refractivity contribution >= 4 is 11.6 Å². The molecule has 4 heteroatoms. The molecule has 1 aromatic rings. The molecule has 2 N–H and O–H groups in total. The molecule has 106 valence electrons. The lowest BCUT2D eigenvalue weighted by Gasteiger charge is -2.18. The lowest BCUT2D eigenvalue weighted by Crippen LogP contribution is -2.35. The van der Waals surface area contributed by atoms with E-state index in [9.17, 15) is 4.79 Å². The summed E-state index contributed by atoms with van der Waals surface area (Å²) in [6, 6.07) is 5.78. The van der Waals surface area contributed by atoms with Crippen molar-refractivity contribution in [2.24, 2.45) is 0 Å². The summed E-state index contributed by atoms with van der Waals surface area (Å²) < 4.78 is 0. The van der Waals surface area contributed by atoms with Crippen LogP contribution in [0.1, 0.15) is 29.8 Å². The third-order valence-corrected chi connectivity index (χ3v) is 3.37. The van der Waals surface area contributed by atoms with Crippen molar-refractivity contribution in [1.82, 2.24) is 10.2 Å². The van der Waals surface area contributed by atoms with Crippen molar-refractivity contribution in [1.29, 1.82) is 0 Å². The van der Waals surface area contributed by atoms with E-state index in [-0.39, 0.29) is 5.91 Å². The lowest BCUT2D eigenvalue weighted by atomic mass is 10.1. The molecule has 4 nitrogen and oxygen atoms in total. The molecule has 0 spiro atoms. The number of hydrogen-bond acceptors (Lipinski definition) is 3. The molecular formula is C15H25N3O. The van der Waals surface area contributed by atoms with Crippen molar-refractivity contribution in [3.8, 4) is 0 Å². The molecule has 0 saturated carbocycles. The number of benzene rings is 1. The van der Waals surface area contributed by atoms with Gasteiger partial charge in [0.1, 0.15) is 0 Å². The normalized spacial score (nSPS) is 10.6. The van der Waals surface area contributed by atoms with E-state index in [4.69, 9.17) is 0 Å². The number of likely N-dealkylation sites (N-methyl/N-ethyl adjacent to an activating group) is 1.